The normalized spacial score (nSPS) is 21.2. The Hall–Kier alpha value is -1.64. The van der Waals surface area contributed by atoms with Crippen molar-refractivity contribution in [2.75, 3.05) is 6.54 Å². The first-order valence-electron chi connectivity index (χ1n) is 6.08. The molecule has 0 saturated heterocycles. The minimum absolute atomic E-state index is 0.0220. The topological polar surface area (TPSA) is 41.5 Å². The number of nitrogens with zero attached hydrogens (tertiary/aromatic N) is 1. The zero-order valence-corrected chi connectivity index (χ0v) is 10.4. The third-order valence-electron chi connectivity index (χ3n) is 3.03. The Morgan fingerprint density at radius 1 is 1.35 bits per heavy atom. The lowest BCUT2D eigenvalue weighted by atomic mass is 10.00. The van der Waals surface area contributed by atoms with E-state index in [1.165, 1.54) is 0 Å². The highest BCUT2D eigenvalue weighted by Crippen LogP contribution is 2.21. The molecule has 3 nitrogen and oxygen atoms in total. The summed E-state index contributed by atoms with van der Waals surface area (Å²) in [6, 6.07) is 7.51. The minimum atomic E-state index is -0.0220. The summed E-state index contributed by atoms with van der Waals surface area (Å²) in [5.74, 6) is 0.538. The second-order valence-corrected chi connectivity index (χ2v) is 4.72. The molecule has 1 atom stereocenters. The monoisotopic (exact) mass is 230 g/mol. The molecule has 3 heteroatoms. The number of carbonyl (C=O) groups is 1. The van der Waals surface area contributed by atoms with Gasteiger partial charge in [-0.15, -0.1) is 0 Å². The number of amides is 1. The third-order valence-corrected chi connectivity index (χ3v) is 3.03. The fourth-order valence-corrected chi connectivity index (χ4v) is 2.15. The molecule has 1 aromatic carbocycles. The largest absolute Gasteiger partial charge is 0.352 e. The number of fused-ring (bicyclic) bond motifs is 1. The van der Waals surface area contributed by atoms with Crippen molar-refractivity contribution >= 4 is 17.3 Å². The van der Waals surface area contributed by atoms with Gasteiger partial charge in [0.25, 0.3) is 5.91 Å². The molecule has 0 fully saturated rings. The van der Waals surface area contributed by atoms with Gasteiger partial charge < -0.3 is 5.32 Å². The van der Waals surface area contributed by atoms with Crippen LogP contribution in [0, 0.1) is 5.92 Å². The number of hydrogen-bond donors (Lipinski definition) is 1. The molecule has 0 bridgehead atoms. The van der Waals surface area contributed by atoms with E-state index in [1.807, 2.05) is 31.2 Å². The maximum atomic E-state index is 12.0. The molecule has 1 aromatic rings. The van der Waals surface area contributed by atoms with Crippen molar-refractivity contribution in [3.63, 3.8) is 0 Å². The lowest BCUT2D eigenvalue weighted by Crippen LogP contribution is -2.26. The first-order valence-corrected chi connectivity index (χ1v) is 6.08. The van der Waals surface area contributed by atoms with Gasteiger partial charge in [0.05, 0.1) is 11.3 Å². The molecular weight excluding hydrogens is 212 g/mol. The molecule has 1 aliphatic rings. The summed E-state index contributed by atoms with van der Waals surface area (Å²) in [6.45, 7) is 4.97. The fraction of sp³-hybridized carbons (Fsp3) is 0.429. The fourth-order valence-electron chi connectivity index (χ4n) is 2.15. The molecule has 0 spiro atoms. The van der Waals surface area contributed by atoms with Gasteiger partial charge in [0.2, 0.25) is 0 Å². The van der Waals surface area contributed by atoms with Crippen molar-refractivity contribution in [1.82, 2.24) is 5.32 Å². The first kappa shape index (κ1) is 11.8. The summed E-state index contributed by atoms with van der Waals surface area (Å²) >= 11 is 0. The zero-order chi connectivity index (χ0) is 12.3. The highest BCUT2D eigenvalue weighted by molar-refractivity contribution is 6.00. The standard InChI is InChI=1S/C14H18N2O/c1-10-7-8-15-14(17)12-5-3-4-6-13(12)16-11(2)9-10/h3-6,10H,7-9H2,1-2H3,(H,15,17). The number of nitrogens with one attached hydrogen (secondary N) is 1. The molecule has 0 saturated carbocycles. The van der Waals surface area contributed by atoms with Crippen LogP contribution in [0.5, 0.6) is 0 Å². The predicted octanol–water partition coefficient (Wildman–Crippen LogP) is 2.94. The molecule has 1 amide bonds. The van der Waals surface area contributed by atoms with Gasteiger partial charge in [0.15, 0.2) is 0 Å². The minimum Gasteiger partial charge on any atom is -0.352 e. The van der Waals surface area contributed by atoms with Crippen molar-refractivity contribution in [3.8, 4) is 0 Å². The van der Waals surface area contributed by atoms with Crippen LogP contribution in [0.2, 0.25) is 0 Å². The van der Waals surface area contributed by atoms with Crippen LogP contribution in [0.4, 0.5) is 5.69 Å². The van der Waals surface area contributed by atoms with E-state index in [2.05, 4.69) is 17.2 Å². The van der Waals surface area contributed by atoms with Crippen LogP contribution in [-0.4, -0.2) is 18.2 Å². The van der Waals surface area contributed by atoms with E-state index in [0.29, 0.717) is 11.5 Å². The van der Waals surface area contributed by atoms with Crippen molar-refractivity contribution in [1.29, 1.82) is 0 Å². The van der Waals surface area contributed by atoms with Gasteiger partial charge in [-0.05, 0) is 37.8 Å². The summed E-state index contributed by atoms with van der Waals surface area (Å²) in [4.78, 5) is 16.5. The van der Waals surface area contributed by atoms with Crippen LogP contribution in [0.15, 0.2) is 29.3 Å². The summed E-state index contributed by atoms with van der Waals surface area (Å²) in [5, 5.41) is 2.95. The summed E-state index contributed by atoms with van der Waals surface area (Å²) < 4.78 is 0. The SMILES string of the molecule is CC1=Nc2ccccc2C(=O)NCCC(C)C1. The third kappa shape index (κ3) is 2.93. The van der Waals surface area contributed by atoms with Crippen LogP contribution in [0.3, 0.4) is 0 Å². The number of para-hydroxylation sites is 1. The van der Waals surface area contributed by atoms with Gasteiger partial charge in [0.1, 0.15) is 0 Å². The van der Waals surface area contributed by atoms with E-state index in [0.717, 1.165) is 30.8 Å². The van der Waals surface area contributed by atoms with Gasteiger partial charge in [0, 0.05) is 12.3 Å². The summed E-state index contributed by atoms with van der Waals surface area (Å²) in [7, 11) is 0. The Morgan fingerprint density at radius 3 is 2.94 bits per heavy atom. The van der Waals surface area contributed by atoms with E-state index < -0.39 is 0 Å². The number of hydrogen-bond acceptors (Lipinski definition) is 2. The van der Waals surface area contributed by atoms with Crippen LogP contribution < -0.4 is 5.32 Å². The number of carbonyl (C=O) groups excluding carboxylic acids is 1. The van der Waals surface area contributed by atoms with Gasteiger partial charge in [-0.25, -0.2) is 0 Å². The molecule has 1 unspecified atom stereocenters. The molecule has 2 rings (SSSR count). The second-order valence-electron chi connectivity index (χ2n) is 4.72. The van der Waals surface area contributed by atoms with Crippen LogP contribution in [0.25, 0.3) is 0 Å². The van der Waals surface area contributed by atoms with Gasteiger partial charge in [-0.3, -0.25) is 9.79 Å². The molecule has 1 heterocycles. The van der Waals surface area contributed by atoms with Crippen LogP contribution in [-0.2, 0) is 0 Å². The Balaban J connectivity index is 2.40. The Kier molecular flexibility index (Phi) is 3.57. The van der Waals surface area contributed by atoms with E-state index in [-0.39, 0.29) is 5.91 Å². The summed E-state index contributed by atoms with van der Waals surface area (Å²) in [6.07, 6.45) is 1.99. The van der Waals surface area contributed by atoms with E-state index in [4.69, 9.17) is 0 Å². The highest BCUT2D eigenvalue weighted by Gasteiger charge is 2.13. The molecule has 1 N–H and O–H groups in total. The number of rotatable bonds is 0. The van der Waals surface area contributed by atoms with Gasteiger partial charge >= 0.3 is 0 Å². The average molecular weight is 230 g/mol. The molecule has 1 aliphatic heterocycles. The number of benzene rings is 1. The van der Waals surface area contributed by atoms with Crippen molar-refractivity contribution < 1.29 is 4.79 Å². The quantitative estimate of drug-likeness (QED) is 0.731. The van der Waals surface area contributed by atoms with Crippen LogP contribution in [0.1, 0.15) is 37.0 Å². The Bertz CT molecular complexity index is 451. The number of aliphatic imine (C=N–C) groups is 1. The van der Waals surface area contributed by atoms with Crippen molar-refractivity contribution in [2.24, 2.45) is 10.9 Å². The summed E-state index contributed by atoms with van der Waals surface area (Å²) in [5.41, 5.74) is 2.54. The zero-order valence-electron chi connectivity index (χ0n) is 10.4. The average Bonchev–Trinajstić information content (AvgIpc) is 2.28. The Morgan fingerprint density at radius 2 is 2.12 bits per heavy atom. The molecule has 17 heavy (non-hydrogen) atoms. The maximum absolute atomic E-state index is 12.0. The van der Waals surface area contributed by atoms with E-state index in [1.54, 1.807) is 0 Å². The van der Waals surface area contributed by atoms with Gasteiger partial charge in [-0.2, -0.15) is 0 Å². The molecule has 0 aliphatic carbocycles. The Labute approximate surface area is 102 Å². The van der Waals surface area contributed by atoms with E-state index >= 15 is 0 Å². The molecular formula is C14H18N2O. The second kappa shape index (κ2) is 5.13. The first-order chi connectivity index (χ1) is 8.16. The molecule has 0 aromatic heterocycles. The van der Waals surface area contributed by atoms with Crippen LogP contribution >= 0.6 is 0 Å². The van der Waals surface area contributed by atoms with Gasteiger partial charge in [-0.1, -0.05) is 19.1 Å². The smallest absolute Gasteiger partial charge is 0.253 e. The lowest BCUT2D eigenvalue weighted by molar-refractivity contribution is 0.0952. The van der Waals surface area contributed by atoms with Crippen molar-refractivity contribution in [2.45, 2.75) is 26.7 Å². The lowest BCUT2D eigenvalue weighted by Gasteiger charge is -2.15. The molecule has 0 radical (unpaired) electrons. The maximum Gasteiger partial charge on any atom is 0.253 e. The van der Waals surface area contributed by atoms with E-state index in [9.17, 15) is 4.79 Å². The molecule has 90 valence electrons. The highest BCUT2D eigenvalue weighted by atomic mass is 16.1. The predicted molar refractivity (Wildman–Crippen MR) is 69.9 cm³/mol. The van der Waals surface area contributed by atoms with Crippen molar-refractivity contribution in [3.05, 3.63) is 29.8 Å².